The quantitative estimate of drug-likeness (QED) is 0.804. The van der Waals surface area contributed by atoms with Crippen molar-refractivity contribution in [3.63, 3.8) is 0 Å². The lowest BCUT2D eigenvalue weighted by Gasteiger charge is -2.36. The van der Waals surface area contributed by atoms with Crippen molar-refractivity contribution < 1.29 is 4.74 Å². The monoisotopic (exact) mass is 318 g/mol. The summed E-state index contributed by atoms with van der Waals surface area (Å²) in [7, 11) is 0. The van der Waals surface area contributed by atoms with Crippen molar-refractivity contribution in [2.24, 2.45) is 4.99 Å². The summed E-state index contributed by atoms with van der Waals surface area (Å²) >= 11 is 7.93. The highest BCUT2D eigenvalue weighted by atomic mass is 35.5. The lowest BCUT2D eigenvalue weighted by molar-refractivity contribution is 0.0966. The first-order valence-electron chi connectivity index (χ1n) is 7.04. The third-order valence-corrected chi connectivity index (χ3v) is 4.92. The van der Waals surface area contributed by atoms with Crippen molar-refractivity contribution in [3.8, 4) is 0 Å². The van der Waals surface area contributed by atoms with Crippen LogP contribution in [0.1, 0.15) is 11.1 Å². The largest absolute Gasteiger partial charge is 0.377 e. The third-order valence-electron chi connectivity index (χ3n) is 4.01. The van der Waals surface area contributed by atoms with Gasteiger partial charge in [-0.25, -0.2) is 0 Å². The highest BCUT2D eigenvalue weighted by molar-refractivity contribution is 7.08. The molecule has 0 radical (unpaired) electrons. The fourth-order valence-electron chi connectivity index (χ4n) is 3.00. The lowest BCUT2D eigenvalue weighted by Crippen LogP contribution is -2.47. The highest BCUT2D eigenvalue weighted by Gasteiger charge is 2.29. The molecule has 2 aromatic rings. The summed E-state index contributed by atoms with van der Waals surface area (Å²) in [5.74, 6) is 0. The van der Waals surface area contributed by atoms with Crippen LogP contribution < -0.4 is 4.90 Å². The van der Waals surface area contributed by atoms with E-state index in [4.69, 9.17) is 21.3 Å². The van der Waals surface area contributed by atoms with Crippen molar-refractivity contribution in [1.82, 2.24) is 0 Å². The van der Waals surface area contributed by atoms with Crippen LogP contribution in [-0.2, 0) is 4.74 Å². The Balaban J connectivity index is 1.89. The predicted octanol–water partition coefficient (Wildman–Crippen LogP) is 3.46. The number of anilines is 1. The Bertz CT molecular complexity index is 684. The Hall–Kier alpha value is -1.36. The standard InChI is InChI=1S/C16H15ClN2OS/c17-12-1-2-15-14(7-12)16(11-3-6-21-10-11)18-8-13-9-20-5-4-19(13)15/h1-3,6-7,10,13H,4-5,8-9H2. The van der Waals surface area contributed by atoms with Crippen molar-refractivity contribution in [2.75, 3.05) is 31.2 Å². The fourth-order valence-corrected chi connectivity index (χ4v) is 3.81. The van der Waals surface area contributed by atoms with E-state index in [1.54, 1.807) is 11.3 Å². The van der Waals surface area contributed by atoms with Gasteiger partial charge in [-0.3, -0.25) is 4.99 Å². The van der Waals surface area contributed by atoms with E-state index in [0.717, 1.165) is 42.6 Å². The highest BCUT2D eigenvalue weighted by Crippen LogP contribution is 2.32. The van der Waals surface area contributed by atoms with E-state index in [9.17, 15) is 0 Å². The van der Waals surface area contributed by atoms with Crippen LogP contribution >= 0.6 is 22.9 Å². The molecule has 2 aliphatic rings. The van der Waals surface area contributed by atoms with Crippen LogP contribution in [0.15, 0.2) is 40.0 Å². The van der Waals surface area contributed by atoms with Gasteiger partial charge in [-0.05, 0) is 29.6 Å². The maximum absolute atomic E-state index is 6.24. The Morgan fingerprint density at radius 2 is 2.29 bits per heavy atom. The molecule has 1 saturated heterocycles. The number of halogens is 1. The first-order chi connectivity index (χ1) is 10.3. The molecular weight excluding hydrogens is 304 g/mol. The number of hydrogen-bond acceptors (Lipinski definition) is 4. The molecule has 3 heterocycles. The molecule has 5 heteroatoms. The van der Waals surface area contributed by atoms with Gasteiger partial charge in [0.25, 0.3) is 0 Å². The molecule has 0 bridgehead atoms. The Morgan fingerprint density at radius 3 is 3.14 bits per heavy atom. The summed E-state index contributed by atoms with van der Waals surface area (Å²) in [5.41, 5.74) is 4.56. The molecule has 4 rings (SSSR count). The van der Waals surface area contributed by atoms with E-state index in [0.29, 0.717) is 6.04 Å². The second-order valence-corrected chi connectivity index (χ2v) is 6.50. The van der Waals surface area contributed by atoms with Gasteiger partial charge in [0.05, 0.1) is 31.5 Å². The van der Waals surface area contributed by atoms with Crippen LogP contribution in [-0.4, -0.2) is 38.1 Å². The zero-order valence-corrected chi connectivity index (χ0v) is 13.0. The summed E-state index contributed by atoms with van der Waals surface area (Å²) < 4.78 is 5.62. The SMILES string of the molecule is Clc1ccc2c(c1)C(c1ccsc1)=NCC1COCCN21. The maximum atomic E-state index is 6.24. The molecule has 108 valence electrons. The van der Waals surface area contributed by atoms with Crippen LogP contribution in [0.25, 0.3) is 0 Å². The van der Waals surface area contributed by atoms with Crippen molar-refractivity contribution in [3.05, 3.63) is 51.2 Å². The number of nitrogens with zero attached hydrogens (tertiary/aromatic N) is 2. The minimum atomic E-state index is 0.315. The van der Waals surface area contributed by atoms with E-state index >= 15 is 0 Å². The maximum Gasteiger partial charge on any atom is 0.0749 e. The van der Waals surface area contributed by atoms with Gasteiger partial charge in [-0.15, -0.1) is 0 Å². The summed E-state index contributed by atoms with van der Waals surface area (Å²) in [6.07, 6.45) is 0. The smallest absolute Gasteiger partial charge is 0.0749 e. The fraction of sp³-hybridized carbons (Fsp3) is 0.312. The normalized spacial score (nSPS) is 21.3. The molecule has 0 N–H and O–H groups in total. The molecule has 3 nitrogen and oxygen atoms in total. The van der Waals surface area contributed by atoms with Gasteiger partial charge < -0.3 is 9.64 Å². The summed E-state index contributed by atoms with van der Waals surface area (Å²) in [4.78, 5) is 7.29. The average Bonchev–Trinajstić information content (AvgIpc) is 2.97. The number of hydrogen-bond donors (Lipinski definition) is 0. The number of thiophene rings is 1. The number of morpholine rings is 1. The molecule has 2 aliphatic heterocycles. The summed E-state index contributed by atoms with van der Waals surface area (Å²) in [5, 5.41) is 4.98. The van der Waals surface area contributed by atoms with Crippen LogP contribution in [0.5, 0.6) is 0 Å². The van der Waals surface area contributed by atoms with Gasteiger partial charge >= 0.3 is 0 Å². The molecule has 1 aromatic carbocycles. The second kappa shape index (κ2) is 5.44. The first kappa shape index (κ1) is 13.3. The van der Waals surface area contributed by atoms with E-state index in [1.807, 2.05) is 12.1 Å². The number of aliphatic imine (C=N–C) groups is 1. The molecule has 1 aromatic heterocycles. The van der Waals surface area contributed by atoms with Crippen molar-refractivity contribution in [1.29, 1.82) is 0 Å². The Labute approximate surface area is 132 Å². The van der Waals surface area contributed by atoms with Crippen molar-refractivity contribution >= 4 is 34.3 Å². The molecule has 1 atom stereocenters. The van der Waals surface area contributed by atoms with Gasteiger partial charge in [0.1, 0.15) is 0 Å². The number of ether oxygens (including phenoxy) is 1. The minimum Gasteiger partial charge on any atom is -0.377 e. The zero-order valence-electron chi connectivity index (χ0n) is 11.5. The van der Waals surface area contributed by atoms with Gasteiger partial charge in [0, 0.05) is 33.8 Å². The molecular formula is C16H15ClN2OS. The molecule has 1 unspecified atom stereocenters. The van der Waals surface area contributed by atoms with E-state index in [-0.39, 0.29) is 0 Å². The molecule has 1 fully saturated rings. The molecule has 0 spiro atoms. The molecule has 0 aliphatic carbocycles. The predicted molar refractivity (Wildman–Crippen MR) is 88.2 cm³/mol. The van der Waals surface area contributed by atoms with Gasteiger partial charge in [-0.2, -0.15) is 11.3 Å². The van der Waals surface area contributed by atoms with Gasteiger partial charge in [-0.1, -0.05) is 11.6 Å². The van der Waals surface area contributed by atoms with Crippen molar-refractivity contribution in [2.45, 2.75) is 6.04 Å². The first-order valence-corrected chi connectivity index (χ1v) is 8.36. The number of rotatable bonds is 1. The third kappa shape index (κ3) is 2.37. The minimum absolute atomic E-state index is 0.315. The van der Waals surface area contributed by atoms with Crippen LogP contribution in [0.4, 0.5) is 5.69 Å². The Morgan fingerprint density at radius 1 is 1.33 bits per heavy atom. The van der Waals surface area contributed by atoms with Gasteiger partial charge in [0.2, 0.25) is 0 Å². The molecule has 0 amide bonds. The summed E-state index contributed by atoms with van der Waals surface area (Å²) in [6, 6.07) is 8.54. The van der Waals surface area contributed by atoms with E-state index in [1.165, 1.54) is 11.3 Å². The van der Waals surface area contributed by atoms with Gasteiger partial charge in [0.15, 0.2) is 0 Å². The zero-order chi connectivity index (χ0) is 14.2. The number of benzene rings is 1. The lowest BCUT2D eigenvalue weighted by atomic mass is 10.0. The molecule has 21 heavy (non-hydrogen) atoms. The van der Waals surface area contributed by atoms with Crippen LogP contribution in [0, 0.1) is 0 Å². The number of fused-ring (bicyclic) bond motifs is 3. The van der Waals surface area contributed by atoms with Crippen LogP contribution in [0.3, 0.4) is 0 Å². The summed E-state index contributed by atoms with van der Waals surface area (Å²) in [6.45, 7) is 3.18. The molecule has 0 saturated carbocycles. The average molecular weight is 319 g/mol. The van der Waals surface area contributed by atoms with E-state index in [2.05, 4.69) is 27.8 Å². The topological polar surface area (TPSA) is 24.8 Å². The van der Waals surface area contributed by atoms with E-state index < -0.39 is 0 Å². The Kier molecular flexibility index (Phi) is 3.45. The second-order valence-electron chi connectivity index (χ2n) is 5.28. The van der Waals surface area contributed by atoms with Crippen LogP contribution in [0.2, 0.25) is 5.02 Å².